The molecule has 0 spiro atoms. The van der Waals surface area contributed by atoms with Gasteiger partial charge in [0.1, 0.15) is 17.0 Å². The first-order chi connectivity index (χ1) is 14.7. The number of benzene rings is 1. The lowest BCUT2D eigenvalue weighted by molar-refractivity contribution is 0.548. The van der Waals surface area contributed by atoms with E-state index < -0.39 is 0 Å². The minimum atomic E-state index is -0.305. The summed E-state index contributed by atoms with van der Waals surface area (Å²) in [4.78, 5) is 19.5. The van der Waals surface area contributed by atoms with Crippen molar-refractivity contribution in [3.63, 3.8) is 0 Å². The lowest BCUT2D eigenvalue weighted by Gasteiger charge is -2.37. The number of fused-ring (bicyclic) bond motifs is 2. The van der Waals surface area contributed by atoms with Gasteiger partial charge in [0.25, 0.3) is 0 Å². The van der Waals surface area contributed by atoms with E-state index in [1.54, 1.807) is 6.08 Å². The maximum atomic E-state index is 12.6. The van der Waals surface area contributed by atoms with Crippen LogP contribution in [0.5, 0.6) is 0 Å². The SMILES string of the molecule is C/C=C1\CN=C(c2cc3cc4c5c(c3oc2=O)CCCN5CCC4)N1.C=CC.CC. The molecule has 5 nitrogen and oxygen atoms in total. The van der Waals surface area contributed by atoms with Crippen LogP contribution in [0.2, 0.25) is 0 Å². The molecular weight excluding hydrogens is 374 g/mol. The lowest BCUT2D eigenvalue weighted by Crippen LogP contribution is -2.34. The van der Waals surface area contributed by atoms with Crippen molar-refractivity contribution in [3.05, 3.63) is 63.7 Å². The molecule has 5 heteroatoms. The van der Waals surface area contributed by atoms with Crippen LogP contribution < -0.4 is 15.8 Å². The van der Waals surface area contributed by atoms with Crippen molar-refractivity contribution in [1.82, 2.24) is 5.32 Å². The summed E-state index contributed by atoms with van der Waals surface area (Å²) < 4.78 is 5.82. The Hall–Kier alpha value is -2.82. The number of aryl methyl sites for hydroxylation is 2. The quantitative estimate of drug-likeness (QED) is 0.536. The zero-order valence-corrected chi connectivity index (χ0v) is 18.7. The molecule has 1 aromatic heterocycles. The van der Waals surface area contributed by atoms with Gasteiger partial charge >= 0.3 is 5.63 Å². The van der Waals surface area contributed by atoms with Crippen molar-refractivity contribution in [2.75, 3.05) is 24.5 Å². The van der Waals surface area contributed by atoms with Gasteiger partial charge in [0.2, 0.25) is 0 Å². The molecule has 30 heavy (non-hydrogen) atoms. The largest absolute Gasteiger partial charge is 0.422 e. The molecule has 0 unspecified atom stereocenters. The highest BCUT2D eigenvalue weighted by Crippen LogP contribution is 2.39. The molecule has 2 aromatic rings. The molecule has 0 atom stereocenters. The summed E-state index contributed by atoms with van der Waals surface area (Å²) in [6.07, 6.45) is 8.14. The fourth-order valence-electron chi connectivity index (χ4n) is 4.32. The van der Waals surface area contributed by atoms with Crippen LogP contribution in [0.25, 0.3) is 11.0 Å². The van der Waals surface area contributed by atoms with Gasteiger partial charge in [-0.1, -0.05) is 26.0 Å². The number of hydrogen-bond acceptors (Lipinski definition) is 5. The first-order valence-corrected chi connectivity index (χ1v) is 11.1. The van der Waals surface area contributed by atoms with E-state index in [2.05, 4.69) is 27.9 Å². The van der Waals surface area contributed by atoms with Crippen LogP contribution in [-0.4, -0.2) is 25.5 Å². The summed E-state index contributed by atoms with van der Waals surface area (Å²) >= 11 is 0. The summed E-state index contributed by atoms with van der Waals surface area (Å²) in [5, 5.41) is 4.23. The first kappa shape index (κ1) is 21.9. The molecule has 0 saturated carbocycles. The lowest BCUT2D eigenvalue weighted by atomic mass is 9.90. The normalized spacial score (nSPS) is 17.8. The number of nitrogens with one attached hydrogen (secondary N) is 1. The van der Waals surface area contributed by atoms with Crippen LogP contribution in [-0.2, 0) is 12.8 Å². The highest BCUT2D eigenvalue weighted by atomic mass is 16.4. The molecule has 0 saturated heterocycles. The minimum Gasteiger partial charge on any atom is -0.422 e. The Morgan fingerprint density at radius 3 is 2.53 bits per heavy atom. The van der Waals surface area contributed by atoms with E-state index in [0.717, 1.165) is 49.0 Å². The average molecular weight is 408 g/mol. The van der Waals surface area contributed by atoms with Crippen molar-refractivity contribution < 1.29 is 4.42 Å². The predicted molar refractivity (Wildman–Crippen MR) is 127 cm³/mol. The van der Waals surface area contributed by atoms with Crippen molar-refractivity contribution >= 4 is 22.5 Å². The van der Waals surface area contributed by atoms with E-state index in [1.807, 2.05) is 39.8 Å². The van der Waals surface area contributed by atoms with E-state index >= 15 is 0 Å². The van der Waals surface area contributed by atoms with Gasteiger partial charge in [-0.15, -0.1) is 6.58 Å². The Morgan fingerprint density at radius 1 is 1.17 bits per heavy atom. The van der Waals surface area contributed by atoms with Crippen molar-refractivity contribution in [3.8, 4) is 0 Å². The van der Waals surface area contributed by atoms with Crippen LogP contribution in [0.15, 0.2) is 50.8 Å². The second-order valence-corrected chi connectivity index (χ2v) is 7.43. The van der Waals surface area contributed by atoms with Gasteiger partial charge in [0.15, 0.2) is 0 Å². The van der Waals surface area contributed by atoms with Crippen LogP contribution in [0.3, 0.4) is 0 Å². The number of anilines is 1. The van der Waals surface area contributed by atoms with Crippen LogP contribution in [0, 0.1) is 0 Å². The molecule has 5 rings (SSSR count). The van der Waals surface area contributed by atoms with Crippen molar-refractivity contribution in [1.29, 1.82) is 0 Å². The first-order valence-electron chi connectivity index (χ1n) is 11.1. The second kappa shape index (κ2) is 9.79. The highest BCUT2D eigenvalue weighted by Gasteiger charge is 2.27. The summed E-state index contributed by atoms with van der Waals surface area (Å²) in [6, 6.07) is 4.17. The molecule has 1 N–H and O–H groups in total. The van der Waals surface area contributed by atoms with E-state index in [1.165, 1.54) is 23.2 Å². The fraction of sp³-hybridized carbons (Fsp3) is 0.440. The molecule has 0 bridgehead atoms. The van der Waals surface area contributed by atoms with Gasteiger partial charge in [0.05, 0.1) is 6.54 Å². The maximum Gasteiger partial charge on any atom is 0.347 e. The number of hydrogen-bond donors (Lipinski definition) is 1. The van der Waals surface area contributed by atoms with E-state index in [0.29, 0.717) is 17.9 Å². The maximum absolute atomic E-state index is 12.6. The fourth-order valence-corrected chi connectivity index (χ4v) is 4.32. The molecule has 3 aliphatic heterocycles. The molecule has 160 valence electrons. The Balaban J connectivity index is 0.000000473. The number of allylic oxidation sites excluding steroid dienone is 2. The van der Waals surface area contributed by atoms with Gasteiger partial charge in [-0.2, -0.15) is 0 Å². The zero-order chi connectivity index (χ0) is 21.7. The van der Waals surface area contributed by atoms with Gasteiger partial charge < -0.3 is 14.6 Å². The predicted octanol–water partition coefficient (Wildman–Crippen LogP) is 4.96. The Kier molecular flexibility index (Phi) is 7.14. The van der Waals surface area contributed by atoms with E-state index in [9.17, 15) is 4.79 Å². The Morgan fingerprint density at radius 2 is 1.87 bits per heavy atom. The molecule has 3 aliphatic rings. The summed E-state index contributed by atoms with van der Waals surface area (Å²) in [6.45, 7) is 14.0. The number of aliphatic imine (C=N–C) groups is 1. The van der Waals surface area contributed by atoms with E-state index in [-0.39, 0.29) is 5.63 Å². The Labute approximate surface area is 179 Å². The summed E-state index contributed by atoms with van der Waals surface area (Å²) in [5.74, 6) is 0.622. The molecule has 0 amide bonds. The minimum absolute atomic E-state index is 0.305. The molecule has 0 fully saturated rings. The molecule has 1 aromatic carbocycles. The molecule has 0 radical (unpaired) electrons. The van der Waals surface area contributed by atoms with Crippen molar-refractivity contribution in [2.24, 2.45) is 4.99 Å². The highest BCUT2D eigenvalue weighted by molar-refractivity contribution is 6.03. The monoisotopic (exact) mass is 407 g/mol. The summed E-state index contributed by atoms with van der Waals surface area (Å²) in [5.41, 5.74) is 5.95. The van der Waals surface area contributed by atoms with Crippen molar-refractivity contribution in [2.45, 2.75) is 53.4 Å². The third-order valence-corrected chi connectivity index (χ3v) is 5.51. The molecule has 0 aliphatic carbocycles. The standard InChI is InChI=1S/C20H21N3O2.C3H6.C2H6/c1-2-14-11-21-19(22-14)16-10-13-9-12-5-3-7-23-8-4-6-15(17(12)23)18(13)25-20(16)24;1-3-2;1-2/h2,9-10H,3-8,11H2,1H3,(H,21,22);3H,1H2,2H3;1-2H3/b14-2+;;. The number of nitrogens with zero attached hydrogens (tertiary/aromatic N) is 2. The molecule has 4 heterocycles. The van der Waals surface area contributed by atoms with Gasteiger partial charge in [0, 0.05) is 35.4 Å². The Bertz CT molecular complexity index is 1040. The van der Waals surface area contributed by atoms with Gasteiger partial charge in [-0.05, 0) is 57.2 Å². The second-order valence-electron chi connectivity index (χ2n) is 7.43. The van der Waals surface area contributed by atoms with Crippen LogP contribution in [0.1, 0.15) is 57.2 Å². The van der Waals surface area contributed by atoms with Gasteiger partial charge in [-0.3, -0.25) is 4.99 Å². The zero-order valence-electron chi connectivity index (χ0n) is 18.7. The van der Waals surface area contributed by atoms with E-state index in [4.69, 9.17) is 4.42 Å². The third kappa shape index (κ3) is 4.07. The van der Waals surface area contributed by atoms with Gasteiger partial charge in [-0.25, -0.2) is 4.79 Å². The molecular formula is C25H33N3O2. The summed E-state index contributed by atoms with van der Waals surface area (Å²) in [7, 11) is 0. The van der Waals surface area contributed by atoms with Crippen LogP contribution >= 0.6 is 0 Å². The number of amidine groups is 1. The number of rotatable bonds is 1. The van der Waals surface area contributed by atoms with Crippen LogP contribution in [0.4, 0.5) is 5.69 Å². The third-order valence-electron chi connectivity index (χ3n) is 5.51. The average Bonchev–Trinajstić information content (AvgIpc) is 3.25. The smallest absolute Gasteiger partial charge is 0.347 e. The topological polar surface area (TPSA) is 57.8 Å².